The second-order valence-electron chi connectivity index (χ2n) is 3.80. The van der Waals surface area contributed by atoms with Gasteiger partial charge in [0.1, 0.15) is 5.75 Å². The first-order valence-corrected chi connectivity index (χ1v) is 6.55. The van der Waals surface area contributed by atoms with Crippen LogP contribution in [0, 0.1) is 0 Å². The quantitative estimate of drug-likeness (QED) is 0.797. The Labute approximate surface area is 116 Å². The van der Waals surface area contributed by atoms with Crippen molar-refractivity contribution in [2.75, 3.05) is 14.2 Å². The molecule has 0 amide bonds. The first-order valence-electron chi connectivity index (χ1n) is 5.73. The molecule has 0 aliphatic rings. The minimum absolute atomic E-state index is 0.321. The van der Waals surface area contributed by atoms with E-state index < -0.39 is 0 Å². The molecule has 0 atom stereocenters. The van der Waals surface area contributed by atoms with E-state index in [9.17, 15) is 4.79 Å². The molecule has 2 rings (SSSR count). The lowest BCUT2D eigenvalue weighted by Gasteiger charge is -2.05. The van der Waals surface area contributed by atoms with Gasteiger partial charge in [0, 0.05) is 9.79 Å². The van der Waals surface area contributed by atoms with Crippen LogP contribution in [0.2, 0.25) is 0 Å². The van der Waals surface area contributed by atoms with Gasteiger partial charge in [-0.3, -0.25) is 0 Å². The third-order valence-electron chi connectivity index (χ3n) is 2.55. The molecule has 98 valence electrons. The highest BCUT2D eigenvalue weighted by molar-refractivity contribution is 7.99. The molecule has 19 heavy (non-hydrogen) atoms. The summed E-state index contributed by atoms with van der Waals surface area (Å²) < 4.78 is 9.85. The van der Waals surface area contributed by atoms with E-state index in [4.69, 9.17) is 4.74 Å². The second kappa shape index (κ2) is 6.29. The third-order valence-corrected chi connectivity index (χ3v) is 3.55. The van der Waals surface area contributed by atoms with Crippen LogP contribution in [-0.2, 0) is 4.74 Å². The van der Waals surface area contributed by atoms with Gasteiger partial charge < -0.3 is 9.47 Å². The molecule has 0 aliphatic heterocycles. The number of ether oxygens (including phenoxy) is 2. The molecule has 2 aromatic carbocycles. The number of rotatable bonds is 4. The maximum Gasteiger partial charge on any atom is 0.337 e. The van der Waals surface area contributed by atoms with Crippen LogP contribution >= 0.6 is 11.8 Å². The molecule has 0 N–H and O–H groups in total. The molecule has 0 saturated heterocycles. The van der Waals surface area contributed by atoms with Crippen molar-refractivity contribution >= 4 is 17.7 Å². The van der Waals surface area contributed by atoms with Crippen molar-refractivity contribution in [3.63, 3.8) is 0 Å². The third kappa shape index (κ3) is 3.51. The lowest BCUT2D eigenvalue weighted by molar-refractivity contribution is 0.0600. The summed E-state index contributed by atoms with van der Waals surface area (Å²) in [6.45, 7) is 0. The SMILES string of the molecule is COC(=O)c1ccc(Sc2cccc(OC)c2)cc1. The van der Waals surface area contributed by atoms with Crippen molar-refractivity contribution in [2.45, 2.75) is 9.79 Å². The zero-order valence-corrected chi connectivity index (χ0v) is 11.6. The molecule has 0 unspecified atom stereocenters. The molecule has 0 saturated carbocycles. The minimum atomic E-state index is -0.321. The van der Waals surface area contributed by atoms with E-state index in [2.05, 4.69) is 4.74 Å². The van der Waals surface area contributed by atoms with Gasteiger partial charge in [0.25, 0.3) is 0 Å². The Hall–Kier alpha value is -1.94. The average molecular weight is 274 g/mol. The van der Waals surface area contributed by atoms with Gasteiger partial charge in [-0.25, -0.2) is 4.79 Å². The van der Waals surface area contributed by atoms with Crippen molar-refractivity contribution < 1.29 is 14.3 Å². The van der Waals surface area contributed by atoms with E-state index in [1.54, 1.807) is 31.0 Å². The Morgan fingerprint density at radius 2 is 1.74 bits per heavy atom. The summed E-state index contributed by atoms with van der Waals surface area (Å²) in [5, 5.41) is 0. The van der Waals surface area contributed by atoms with Crippen molar-refractivity contribution in [2.24, 2.45) is 0 Å². The van der Waals surface area contributed by atoms with E-state index >= 15 is 0 Å². The molecular weight excluding hydrogens is 260 g/mol. The summed E-state index contributed by atoms with van der Waals surface area (Å²) in [5.41, 5.74) is 0.553. The van der Waals surface area contributed by atoms with Crippen molar-refractivity contribution in [3.8, 4) is 5.75 Å². The van der Waals surface area contributed by atoms with Crippen LogP contribution < -0.4 is 4.74 Å². The van der Waals surface area contributed by atoms with Crippen LogP contribution in [0.15, 0.2) is 58.3 Å². The highest BCUT2D eigenvalue weighted by atomic mass is 32.2. The molecule has 0 aromatic heterocycles. The maximum absolute atomic E-state index is 11.3. The zero-order valence-electron chi connectivity index (χ0n) is 10.8. The van der Waals surface area contributed by atoms with Crippen LogP contribution in [0.5, 0.6) is 5.75 Å². The second-order valence-corrected chi connectivity index (χ2v) is 4.94. The van der Waals surface area contributed by atoms with Gasteiger partial charge in [0.05, 0.1) is 19.8 Å². The van der Waals surface area contributed by atoms with E-state index in [0.717, 1.165) is 15.5 Å². The monoisotopic (exact) mass is 274 g/mol. The lowest BCUT2D eigenvalue weighted by atomic mass is 10.2. The predicted octanol–water partition coefficient (Wildman–Crippen LogP) is 3.63. The summed E-state index contributed by atoms with van der Waals surface area (Å²) in [5.74, 6) is 0.508. The van der Waals surface area contributed by atoms with Gasteiger partial charge in [-0.15, -0.1) is 0 Å². The predicted molar refractivity (Wildman–Crippen MR) is 74.9 cm³/mol. The molecule has 0 bridgehead atoms. The maximum atomic E-state index is 11.3. The first-order chi connectivity index (χ1) is 9.22. The molecule has 0 radical (unpaired) electrons. The average Bonchev–Trinajstić information content (AvgIpc) is 2.47. The van der Waals surface area contributed by atoms with Crippen molar-refractivity contribution in [1.82, 2.24) is 0 Å². The van der Waals surface area contributed by atoms with Crippen LogP contribution in [0.25, 0.3) is 0 Å². The van der Waals surface area contributed by atoms with E-state index in [1.165, 1.54) is 7.11 Å². The van der Waals surface area contributed by atoms with Crippen LogP contribution in [-0.4, -0.2) is 20.2 Å². The summed E-state index contributed by atoms with van der Waals surface area (Å²) >= 11 is 1.61. The van der Waals surface area contributed by atoms with Crippen LogP contribution in [0.3, 0.4) is 0 Å². The number of hydrogen-bond donors (Lipinski definition) is 0. The first kappa shape index (κ1) is 13.5. The molecule has 3 nitrogen and oxygen atoms in total. The number of esters is 1. The Morgan fingerprint density at radius 1 is 1.00 bits per heavy atom. The topological polar surface area (TPSA) is 35.5 Å². The van der Waals surface area contributed by atoms with Crippen LogP contribution in [0.1, 0.15) is 10.4 Å². The van der Waals surface area contributed by atoms with Gasteiger partial charge >= 0.3 is 5.97 Å². The Bertz CT molecular complexity index is 564. The van der Waals surface area contributed by atoms with E-state index in [0.29, 0.717) is 5.56 Å². The number of carbonyl (C=O) groups is 1. The summed E-state index contributed by atoms with van der Waals surface area (Å²) in [6, 6.07) is 15.2. The smallest absolute Gasteiger partial charge is 0.337 e. The fourth-order valence-electron chi connectivity index (χ4n) is 1.58. The number of hydrogen-bond acceptors (Lipinski definition) is 4. The van der Waals surface area contributed by atoms with Gasteiger partial charge in [0.2, 0.25) is 0 Å². The molecule has 2 aromatic rings. The molecule has 0 spiro atoms. The van der Waals surface area contributed by atoms with Crippen LogP contribution in [0.4, 0.5) is 0 Å². The Morgan fingerprint density at radius 3 is 2.37 bits per heavy atom. The van der Waals surface area contributed by atoms with Crippen molar-refractivity contribution in [3.05, 3.63) is 54.1 Å². The van der Waals surface area contributed by atoms with Crippen molar-refractivity contribution in [1.29, 1.82) is 0 Å². The molecule has 4 heteroatoms. The normalized spacial score (nSPS) is 10.0. The Kier molecular flexibility index (Phi) is 4.47. The highest BCUT2D eigenvalue weighted by Gasteiger charge is 2.05. The minimum Gasteiger partial charge on any atom is -0.497 e. The molecule has 0 heterocycles. The summed E-state index contributed by atoms with van der Waals surface area (Å²) in [7, 11) is 3.02. The molecular formula is C15H14O3S. The van der Waals surface area contributed by atoms with E-state index in [1.807, 2.05) is 36.4 Å². The fourth-order valence-corrected chi connectivity index (χ4v) is 2.44. The largest absolute Gasteiger partial charge is 0.497 e. The lowest BCUT2D eigenvalue weighted by Crippen LogP contribution is -2.00. The summed E-state index contributed by atoms with van der Waals surface area (Å²) in [6.07, 6.45) is 0. The highest BCUT2D eigenvalue weighted by Crippen LogP contribution is 2.30. The van der Waals surface area contributed by atoms with Gasteiger partial charge in [-0.05, 0) is 42.5 Å². The Balaban J connectivity index is 2.12. The van der Waals surface area contributed by atoms with Gasteiger partial charge in [-0.1, -0.05) is 17.8 Å². The summed E-state index contributed by atoms with van der Waals surface area (Å²) in [4.78, 5) is 13.5. The molecule has 0 fully saturated rings. The van der Waals surface area contributed by atoms with E-state index in [-0.39, 0.29) is 5.97 Å². The fraction of sp³-hybridized carbons (Fsp3) is 0.133. The van der Waals surface area contributed by atoms with Gasteiger partial charge in [-0.2, -0.15) is 0 Å². The standard InChI is InChI=1S/C15H14O3S/c1-17-12-4-3-5-14(10-12)19-13-8-6-11(7-9-13)15(16)18-2/h3-10H,1-2H3. The number of methoxy groups -OCH3 is 2. The number of benzene rings is 2. The van der Waals surface area contributed by atoms with Gasteiger partial charge in [0.15, 0.2) is 0 Å². The zero-order chi connectivity index (χ0) is 13.7. The number of carbonyl (C=O) groups excluding carboxylic acids is 1. The molecule has 0 aliphatic carbocycles.